The summed E-state index contributed by atoms with van der Waals surface area (Å²) in [5.74, 6) is -0.696. The van der Waals surface area contributed by atoms with Crippen LogP contribution in [0.15, 0.2) is 12.2 Å². The van der Waals surface area contributed by atoms with Crippen LogP contribution in [0.2, 0.25) is 0 Å². The SMILES string of the molecule is CCCC/C=C\CCCCCCCC(=O)OC(CCCCCCCC)CCCCCCCCC(=O)O. The maximum atomic E-state index is 12.5. The largest absolute Gasteiger partial charge is 0.481 e. The first kappa shape index (κ1) is 34.7. The van der Waals surface area contributed by atoms with E-state index in [4.69, 9.17) is 9.84 Å². The maximum Gasteiger partial charge on any atom is 0.306 e. The van der Waals surface area contributed by atoms with Crippen LogP contribution in [-0.2, 0) is 14.3 Å². The Balaban J connectivity index is 4.01. The van der Waals surface area contributed by atoms with E-state index in [-0.39, 0.29) is 18.5 Å². The lowest BCUT2D eigenvalue weighted by molar-refractivity contribution is -0.150. The molecular weight excluding hydrogens is 448 g/mol. The van der Waals surface area contributed by atoms with Crippen molar-refractivity contribution >= 4 is 11.9 Å². The van der Waals surface area contributed by atoms with Gasteiger partial charge in [0.05, 0.1) is 0 Å². The molecule has 36 heavy (non-hydrogen) atoms. The van der Waals surface area contributed by atoms with Crippen molar-refractivity contribution in [2.24, 2.45) is 0 Å². The van der Waals surface area contributed by atoms with E-state index in [2.05, 4.69) is 26.0 Å². The van der Waals surface area contributed by atoms with Gasteiger partial charge in [-0.1, -0.05) is 116 Å². The minimum absolute atomic E-state index is 0.00138. The van der Waals surface area contributed by atoms with Crippen LogP contribution >= 0.6 is 0 Å². The van der Waals surface area contributed by atoms with Gasteiger partial charge in [-0.15, -0.1) is 0 Å². The van der Waals surface area contributed by atoms with Gasteiger partial charge >= 0.3 is 11.9 Å². The van der Waals surface area contributed by atoms with Crippen molar-refractivity contribution in [3.05, 3.63) is 12.2 Å². The third kappa shape index (κ3) is 27.3. The van der Waals surface area contributed by atoms with Crippen LogP contribution in [0.3, 0.4) is 0 Å². The lowest BCUT2D eigenvalue weighted by Gasteiger charge is -2.18. The Kier molecular flexibility index (Phi) is 27.2. The van der Waals surface area contributed by atoms with Crippen LogP contribution in [0.5, 0.6) is 0 Å². The molecule has 0 saturated carbocycles. The number of unbranched alkanes of at least 4 members (excludes halogenated alkanes) is 17. The zero-order valence-corrected chi connectivity index (χ0v) is 24.1. The summed E-state index contributed by atoms with van der Waals surface area (Å²) in [6, 6.07) is 0. The van der Waals surface area contributed by atoms with E-state index >= 15 is 0 Å². The molecule has 0 bridgehead atoms. The van der Waals surface area contributed by atoms with Crippen LogP contribution in [-0.4, -0.2) is 23.1 Å². The molecule has 0 radical (unpaired) electrons. The molecule has 0 amide bonds. The molecule has 0 fully saturated rings. The van der Waals surface area contributed by atoms with Crippen molar-refractivity contribution in [2.45, 2.75) is 180 Å². The number of allylic oxidation sites excluding steroid dienone is 2. The van der Waals surface area contributed by atoms with Gasteiger partial charge in [0, 0.05) is 12.8 Å². The summed E-state index contributed by atoms with van der Waals surface area (Å²) in [5.41, 5.74) is 0. The van der Waals surface area contributed by atoms with E-state index in [9.17, 15) is 9.59 Å². The van der Waals surface area contributed by atoms with Gasteiger partial charge in [-0.2, -0.15) is 0 Å². The Morgan fingerprint density at radius 2 is 1.03 bits per heavy atom. The highest BCUT2D eigenvalue weighted by atomic mass is 16.5. The lowest BCUT2D eigenvalue weighted by atomic mass is 10.0. The molecule has 0 aromatic rings. The Morgan fingerprint density at radius 3 is 1.58 bits per heavy atom. The molecule has 1 atom stereocenters. The number of carboxylic acid groups (broad SMARTS) is 1. The number of hydrogen-bond donors (Lipinski definition) is 1. The molecule has 0 aromatic carbocycles. The number of esters is 1. The Hall–Kier alpha value is -1.32. The van der Waals surface area contributed by atoms with Gasteiger partial charge in [0.25, 0.3) is 0 Å². The topological polar surface area (TPSA) is 63.6 Å². The number of rotatable bonds is 28. The predicted molar refractivity (Wildman–Crippen MR) is 153 cm³/mol. The first-order valence-electron chi connectivity index (χ1n) is 15.7. The summed E-state index contributed by atoms with van der Waals surface area (Å²) in [5, 5.41) is 8.72. The molecule has 4 heteroatoms. The number of carboxylic acids is 1. The standard InChI is InChI=1S/C32H60O4/c1-3-5-7-9-11-12-13-14-15-21-25-29-32(35)36-30(26-22-18-10-8-6-4-2)27-23-19-16-17-20-24-28-31(33)34/h9,11,30H,3-8,10,12-29H2,1-2H3,(H,33,34)/b11-9-. The summed E-state index contributed by atoms with van der Waals surface area (Å²) in [6.07, 6.45) is 32.2. The third-order valence-corrected chi connectivity index (χ3v) is 6.99. The minimum Gasteiger partial charge on any atom is -0.481 e. The molecule has 1 N–H and O–H groups in total. The molecule has 0 aliphatic heterocycles. The van der Waals surface area contributed by atoms with Gasteiger partial charge in [-0.25, -0.2) is 0 Å². The maximum absolute atomic E-state index is 12.5. The van der Waals surface area contributed by atoms with Gasteiger partial charge < -0.3 is 9.84 Å². The molecule has 0 aliphatic rings. The van der Waals surface area contributed by atoms with Crippen molar-refractivity contribution < 1.29 is 19.4 Å². The average molecular weight is 509 g/mol. The van der Waals surface area contributed by atoms with Crippen LogP contribution < -0.4 is 0 Å². The minimum atomic E-state index is -0.694. The zero-order valence-electron chi connectivity index (χ0n) is 24.1. The number of carbonyl (C=O) groups is 2. The Labute approximate surface area is 224 Å². The van der Waals surface area contributed by atoms with E-state index in [1.54, 1.807) is 0 Å². The van der Waals surface area contributed by atoms with Crippen molar-refractivity contribution in [2.75, 3.05) is 0 Å². The molecule has 4 nitrogen and oxygen atoms in total. The lowest BCUT2D eigenvalue weighted by Crippen LogP contribution is -2.18. The van der Waals surface area contributed by atoms with Crippen molar-refractivity contribution in [3.8, 4) is 0 Å². The Bertz CT molecular complexity index is 514. The molecule has 0 rings (SSSR count). The molecule has 212 valence electrons. The summed E-state index contributed by atoms with van der Waals surface area (Å²) in [4.78, 5) is 23.1. The summed E-state index contributed by atoms with van der Waals surface area (Å²) >= 11 is 0. The molecule has 0 saturated heterocycles. The molecule has 1 unspecified atom stereocenters. The molecule has 0 aliphatic carbocycles. The monoisotopic (exact) mass is 508 g/mol. The number of ether oxygens (including phenoxy) is 1. The van der Waals surface area contributed by atoms with E-state index in [0.29, 0.717) is 6.42 Å². The van der Waals surface area contributed by atoms with Gasteiger partial charge in [0.1, 0.15) is 6.10 Å². The number of carbonyl (C=O) groups excluding carboxylic acids is 1. The second-order valence-corrected chi connectivity index (χ2v) is 10.6. The first-order chi connectivity index (χ1) is 17.6. The van der Waals surface area contributed by atoms with Gasteiger partial charge in [-0.05, 0) is 57.8 Å². The molecule has 0 aromatic heterocycles. The second kappa shape index (κ2) is 28.3. The van der Waals surface area contributed by atoms with Crippen LogP contribution in [0, 0.1) is 0 Å². The summed E-state index contributed by atoms with van der Waals surface area (Å²) < 4.78 is 5.93. The van der Waals surface area contributed by atoms with Gasteiger partial charge in [0.15, 0.2) is 0 Å². The zero-order chi connectivity index (χ0) is 26.5. The highest BCUT2D eigenvalue weighted by Crippen LogP contribution is 2.18. The fraction of sp³-hybridized carbons (Fsp3) is 0.875. The molecule has 0 heterocycles. The van der Waals surface area contributed by atoms with Crippen LogP contribution in [0.4, 0.5) is 0 Å². The highest BCUT2D eigenvalue weighted by Gasteiger charge is 2.14. The number of hydrogen-bond acceptors (Lipinski definition) is 3. The average Bonchev–Trinajstić information content (AvgIpc) is 2.85. The normalized spacial score (nSPS) is 12.3. The fourth-order valence-corrected chi connectivity index (χ4v) is 4.63. The van der Waals surface area contributed by atoms with E-state index in [0.717, 1.165) is 70.6 Å². The smallest absolute Gasteiger partial charge is 0.306 e. The van der Waals surface area contributed by atoms with Crippen molar-refractivity contribution in [3.63, 3.8) is 0 Å². The quantitative estimate of drug-likeness (QED) is 0.0648. The second-order valence-electron chi connectivity index (χ2n) is 10.6. The summed E-state index contributed by atoms with van der Waals surface area (Å²) in [7, 11) is 0. The van der Waals surface area contributed by atoms with Gasteiger partial charge in [-0.3, -0.25) is 9.59 Å². The van der Waals surface area contributed by atoms with Crippen molar-refractivity contribution in [1.82, 2.24) is 0 Å². The van der Waals surface area contributed by atoms with Gasteiger partial charge in [0.2, 0.25) is 0 Å². The summed E-state index contributed by atoms with van der Waals surface area (Å²) in [6.45, 7) is 4.48. The van der Waals surface area contributed by atoms with Crippen LogP contribution in [0.1, 0.15) is 174 Å². The Morgan fingerprint density at radius 1 is 0.583 bits per heavy atom. The number of aliphatic carboxylic acids is 1. The van der Waals surface area contributed by atoms with Crippen LogP contribution in [0.25, 0.3) is 0 Å². The molecular formula is C32H60O4. The third-order valence-electron chi connectivity index (χ3n) is 6.99. The first-order valence-corrected chi connectivity index (χ1v) is 15.7. The van der Waals surface area contributed by atoms with E-state index in [1.807, 2.05) is 0 Å². The fourth-order valence-electron chi connectivity index (χ4n) is 4.63. The van der Waals surface area contributed by atoms with E-state index in [1.165, 1.54) is 77.0 Å². The van der Waals surface area contributed by atoms with Crippen molar-refractivity contribution in [1.29, 1.82) is 0 Å². The van der Waals surface area contributed by atoms with E-state index < -0.39 is 5.97 Å². The molecule has 0 spiro atoms. The highest BCUT2D eigenvalue weighted by molar-refractivity contribution is 5.69. The predicted octanol–water partition coefficient (Wildman–Crippen LogP) is 10.3.